The second-order valence-electron chi connectivity index (χ2n) is 4.36. The van der Waals surface area contributed by atoms with E-state index >= 15 is 0 Å². The molecule has 2 heterocycles. The maximum Gasteiger partial charge on any atom is 0.268 e. The van der Waals surface area contributed by atoms with Crippen molar-refractivity contribution in [2.45, 2.75) is 23.1 Å². The van der Waals surface area contributed by atoms with E-state index in [9.17, 15) is 4.79 Å². The third-order valence-electron chi connectivity index (χ3n) is 3.05. The number of nitrogens with zero attached hydrogens (tertiary/aromatic N) is 2. The van der Waals surface area contributed by atoms with Gasteiger partial charge in [0.25, 0.3) is 5.56 Å². The third-order valence-corrected chi connectivity index (χ3v) is 5.93. The Balaban J connectivity index is 1.82. The molecule has 1 aliphatic heterocycles. The number of rotatable bonds is 2. The quantitative estimate of drug-likeness (QED) is 0.569. The van der Waals surface area contributed by atoms with Crippen LogP contribution in [0, 0.1) is 3.57 Å². The minimum absolute atomic E-state index is 0.0582. The summed E-state index contributed by atoms with van der Waals surface area (Å²) < 4.78 is 2.14. The average Bonchev–Trinajstić information content (AvgIpc) is 2.82. The number of hydrogen-bond acceptors (Lipinski definition) is 3. The van der Waals surface area contributed by atoms with Crippen LogP contribution < -0.4 is 5.56 Å². The summed E-state index contributed by atoms with van der Waals surface area (Å²) >= 11 is 9.61. The standard InChI is InChI=1S/C13H10ClIN2OS/c14-12-11(15)13(18)17(7-16-12)6-9-5-8-3-1-2-4-10(8)19-9/h1-4,7,9H,5-6H2. The number of thioether (sulfide) groups is 1. The van der Waals surface area contributed by atoms with Crippen LogP contribution in [0.15, 0.2) is 40.3 Å². The molecule has 19 heavy (non-hydrogen) atoms. The molecule has 1 aliphatic rings. The average molecular weight is 405 g/mol. The van der Waals surface area contributed by atoms with Gasteiger partial charge in [0, 0.05) is 16.7 Å². The molecule has 0 saturated carbocycles. The molecule has 1 aromatic carbocycles. The Hall–Kier alpha value is -0.530. The van der Waals surface area contributed by atoms with Crippen LogP contribution >= 0.6 is 46.0 Å². The molecule has 6 heteroatoms. The number of benzene rings is 1. The number of fused-ring (bicyclic) bond motifs is 1. The smallest absolute Gasteiger partial charge is 0.268 e. The molecule has 0 amide bonds. The van der Waals surface area contributed by atoms with Gasteiger partial charge >= 0.3 is 0 Å². The fourth-order valence-corrected chi connectivity index (χ4v) is 4.04. The summed E-state index contributed by atoms with van der Waals surface area (Å²) in [5, 5.41) is 0.665. The second-order valence-corrected chi connectivity index (χ2v) is 7.14. The van der Waals surface area contributed by atoms with Gasteiger partial charge in [-0.05, 0) is 40.6 Å². The Bertz CT molecular complexity index is 664. The van der Waals surface area contributed by atoms with Gasteiger partial charge in [-0.25, -0.2) is 4.98 Å². The fourth-order valence-electron chi connectivity index (χ4n) is 2.15. The van der Waals surface area contributed by atoms with Gasteiger partial charge in [0.1, 0.15) is 8.72 Å². The van der Waals surface area contributed by atoms with Gasteiger partial charge in [-0.1, -0.05) is 29.8 Å². The monoisotopic (exact) mass is 404 g/mol. The summed E-state index contributed by atoms with van der Waals surface area (Å²) in [6, 6.07) is 8.38. The molecule has 0 fully saturated rings. The van der Waals surface area contributed by atoms with Crippen molar-refractivity contribution in [3.63, 3.8) is 0 Å². The van der Waals surface area contributed by atoms with E-state index < -0.39 is 0 Å². The topological polar surface area (TPSA) is 34.9 Å². The lowest BCUT2D eigenvalue weighted by Crippen LogP contribution is -2.27. The Kier molecular flexibility index (Phi) is 3.86. The number of halogens is 2. The van der Waals surface area contributed by atoms with Crippen LogP contribution in [0.3, 0.4) is 0 Å². The SMILES string of the molecule is O=c1c(I)c(Cl)ncn1CC1Cc2ccccc2S1. The van der Waals surface area contributed by atoms with Crippen LogP contribution in [-0.4, -0.2) is 14.8 Å². The van der Waals surface area contributed by atoms with Crippen LogP contribution in [0.2, 0.25) is 5.15 Å². The molecule has 0 radical (unpaired) electrons. The summed E-state index contributed by atoms with van der Waals surface area (Å²) in [6.45, 7) is 0.665. The van der Waals surface area contributed by atoms with Crippen LogP contribution in [-0.2, 0) is 13.0 Å². The van der Waals surface area contributed by atoms with E-state index in [4.69, 9.17) is 11.6 Å². The lowest BCUT2D eigenvalue weighted by Gasteiger charge is -2.11. The van der Waals surface area contributed by atoms with Crippen LogP contribution in [0.25, 0.3) is 0 Å². The first-order valence-corrected chi connectivity index (χ1v) is 8.14. The van der Waals surface area contributed by atoms with Crippen molar-refractivity contribution in [3.05, 3.63) is 55.2 Å². The summed E-state index contributed by atoms with van der Waals surface area (Å²) in [5.74, 6) is 0. The molecule has 3 nitrogen and oxygen atoms in total. The van der Waals surface area contributed by atoms with E-state index in [1.165, 1.54) is 16.8 Å². The predicted octanol–water partition coefficient (Wildman–Crippen LogP) is 3.22. The van der Waals surface area contributed by atoms with Crippen molar-refractivity contribution in [2.24, 2.45) is 0 Å². The molecular formula is C13H10ClIN2OS. The lowest BCUT2D eigenvalue weighted by molar-refractivity contribution is 0.627. The highest BCUT2D eigenvalue weighted by molar-refractivity contribution is 14.1. The predicted molar refractivity (Wildman–Crippen MR) is 86.0 cm³/mol. The molecule has 0 N–H and O–H groups in total. The van der Waals surface area contributed by atoms with E-state index in [1.54, 1.807) is 4.57 Å². The molecule has 1 aromatic heterocycles. The molecule has 3 rings (SSSR count). The van der Waals surface area contributed by atoms with E-state index in [0.29, 0.717) is 15.4 Å². The van der Waals surface area contributed by atoms with Crippen molar-refractivity contribution in [3.8, 4) is 0 Å². The lowest BCUT2D eigenvalue weighted by atomic mass is 10.1. The minimum Gasteiger partial charge on any atom is -0.297 e. The number of hydrogen-bond donors (Lipinski definition) is 0. The first-order valence-electron chi connectivity index (χ1n) is 5.80. The molecule has 0 saturated heterocycles. The molecule has 1 atom stereocenters. The van der Waals surface area contributed by atoms with Crippen molar-refractivity contribution >= 4 is 46.0 Å². The molecule has 1 unspecified atom stereocenters. The zero-order valence-corrected chi connectivity index (χ0v) is 13.6. The molecular weight excluding hydrogens is 395 g/mol. The maximum atomic E-state index is 12.1. The van der Waals surface area contributed by atoms with E-state index in [0.717, 1.165) is 6.42 Å². The highest BCUT2D eigenvalue weighted by Gasteiger charge is 2.22. The van der Waals surface area contributed by atoms with Gasteiger partial charge in [-0.2, -0.15) is 0 Å². The number of aromatic nitrogens is 2. The maximum absolute atomic E-state index is 12.1. The Morgan fingerprint density at radius 2 is 2.26 bits per heavy atom. The first-order chi connectivity index (χ1) is 9.15. The summed E-state index contributed by atoms with van der Waals surface area (Å²) in [6.07, 6.45) is 2.53. The summed E-state index contributed by atoms with van der Waals surface area (Å²) in [4.78, 5) is 17.4. The van der Waals surface area contributed by atoms with E-state index in [1.807, 2.05) is 40.4 Å². The zero-order chi connectivity index (χ0) is 13.4. The normalized spacial score (nSPS) is 17.5. The first kappa shape index (κ1) is 13.5. The minimum atomic E-state index is -0.0582. The fraction of sp³-hybridized carbons (Fsp3) is 0.231. The van der Waals surface area contributed by atoms with E-state index in [2.05, 4.69) is 23.2 Å². The Morgan fingerprint density at radius 1 is 1.47 bits per heavy atom. The van der Waals surface area contributed by atoms with Crippen LogP contribution in [0.4, 0.5) is 0 Å². The zero-order valence-electron chi connectivity index (χ0n) is 9.85. The van der Waals surface area contributed by atoms with Crippen LogP contribution in [0.1, 0.15) is 5.56 Å². The van der Waals surface area contributed by atoms with Gasteiger partial charge in [-0.3, -0.25) is 9.36 Å². The summed E-state index contributed by atoms with van der Waals surface area (Å²) in [7, 11) is 0. The Morgan fingerprint density at radius 3 is 3.05 bits per heavy atom. The molecule has 98 valence electrons. The molecule has 0 spiro atoms. The van der Waals surface area contributed by atoms with Crippen molar-refractivity contribution in [2.75, 3.05) is 0 Å². The van der Waals surface area contributed by atoms with Crippen molar-refractivity contribution in [1.82, 2.24) is 9.55 Å². The highest BCUT2D eigenvalue weighted by Crippen LogP contribution is 2.37. The van der Waals surface area contributed by atoms with Gasteiger partial charge in [-0.15, -0.1) is 11.8 Å². The van der Waals surface area contributed by atoms with Crippen molar-refractivity contribution < 1.29 is 0 Å². The highest BCUT2D eigenvalue weighted by atomic mass is 127. The summed E-state index contributed by atoms with van der Waals surface area (Å²) in [5.41, 5.74) is 1.30. The Labute approximate surface area is 133 Å². The van der Waals surface area contributed by atoms with E-state index in [-0.39, 0.29) is 10.7 Å². The van der Waals surface area contributed by atoms with Crippen LogP contribution in [0.5, 0.6) is 0 Å². The largest absolute Gasteiger partial charge is 0.297 e. The third kappa shape index (κ3) is 2.68. The van der Waals surface area contributed by atoms with Gasteiger partial charge < -0.3 is 0 Å². The van der Waals surface area contributed by atoms with Gasteiger partial charge in [0.05, 0.1) is 6.33 Å². The molecule has 2 aromatic rings. The molecule has 0 aliphatic carbocycles. The van der Waals surface area contributed by atoms with Crippen molar-refractivity contribution in [1.29, 1.82) is 0 Å². The van der Waals surface area contributed by atoms with Gasteiger partial charge in [0.2, 0.25) is 0 Å². The molecule has 0 bridgehead atoms. The second kappa shape index (κ2) is 5.46. The van der Waals surface area contributed by atoms with Gasteiger partial charge in [0.15, 0.2) is 0 Å².